The first kappa shape index (κ1) is 19.1. The van der Waals surface area contributed by atoms with E-state index in [0.29, 0.717) is 16.3 Å². The van der Waals surface area contributed by atoms with Gasteiger partial charge in [0.15, 0.2) is 18.1 Å². The van der Waals surface area contributed by atoms with Gasteiger partial charge in [0, 0.05) is 5.02 Å². The molecule has 0 unspecified atom stereocenters. The van der Waals surface area contributed by atoms with Crippen LogP contribution in [0.1, 0.15) is 15.9 Å². The third-order valence-electron chi connectivity index (χ3n) is 3.32. The smallest absolute Gasteiger partial charge is 0.337 e. The van der Waals surface area contributed by atoms with Crippen LogP contribution < -0.4 is 14.8 Å². The summed E-state index contributed by atoms with van der Waals surface area (Å²) < 4.78 is 15.2. The molecule has 26 heavy (non-hydrogen) atoms. The molecule has 1 N–H and O–H groups in total. The van der Waals surface area contributed by atoms with Crippen LogP contribution in [0.4, 0.5) is 5.69 Å². The number of nitrogens with zero attached hydrogens (tertiary/aromatic N) is 1. The quantitative estimate of drug-likeness (QED) is 0.780. The number of ether oxygens (including phenoxy) is 3. The Kier molecular flexibility index (Phi) is 6.42. The number of carbonyl (C=O) groups is 2. The lowest BCUT2D eigenvalue weighted by Gasteiger charge is -2.12. The first-order valence-corrected chi connectivity index (χ1v) is 7.75. The molecular weight excluding hydrogens is 360 g/mol. The first-order chi connectivity index (χ1) is 12.5. The van der Waals surface area contributed by atoms with Gasteiger partial charge in [-0.2, -0.15) is 5.26 Å². The number of hydrogen-bond donors (Lipinski definition) is 1. The number of methoxy groups -OCH3 is 2. The fourth-order valence-corrected chi connectivity index (χ4v) is 2.25. The van der Waals surface area contributed by atoms with Crippen molar-refractivity contribution in [1.82, 2.24) is 0 Å². The van der Waals surface area contributed by atoms with Gasteiger partial charge in [-0.1, -0.05) is 11.6 Å². The summed E-state index contributed by atoms with van der Waals surface area (Å²) >= 11 is 5.88. The molecule has 0 aliphatic carbocycles. The van der Waals surface area contributed by atoms with E-state index >= 15 is 0 Å². The van der Waals surface area contributed by atoms with Gasteiger partial charge in [-0.05, 0) is 36.4 Å². The average Bonchev–Trinajstić information content (AvgIpc) is 2.65. The van der Waals surface area contributed by atoms with Crippen molar-refractivity contribution in [3.05, 3.63) is 52.5 Å². The normalized spacial score (nSPS) is 9.77. The third kappa shape index (κ3) is 4.65. The van der Waals surface area contributed by atoms with E-state index in [-0.39, 0.29) is 23.7 Å². The maximum Gasteiger partial charge on any atom is 0.337 e. The van der Waals surface area contributed by atoms with E-state index in [1.165, 1.54) is 44.6 Å². The lowest BCUT2D eigenvalue weighted by molar-refractivity contribution is -0.118. The molecule has 0 fully saturated rings. The van der Waals surface area contributed by atoms with Gasteiger partial charge in [-0.3, -0.25) is 4.79 Å². The second-order valence-corrected chi connectivity index (χ2v) is 5.43. The number of amides is 1. The molecule has 0 radical (unpaired) electrons. The zero-order chi connectivity index (χ0) is 19.1. The van der Waals surface area contributed by atoms with Crippen LogP contribution in [0.2, 0.25) is 5.02 Å². The average molecular weight is 375 g/mol. The molecule has 2 aromatic carbocycles. The SMILES string of the molecule is COC(=O)c1ccc(OCC(=O)Nc2cc(Cl)ccc2C#N)c(OC)c1. The van der Waals surface area contributed by atoms with Gasteiger partial charge in [0.2, 0.25) is 0 Å². The van der Waals surface area contributed by atoms with Gasteiger partial charge in [-0.25, -0.2) is 4.79 Å². The highest BCUT2D eigenvalue weighted by Gasteiger charge is 2.13. The van der Waals surface area contributed by atoms with Crippen LogP contribution >= 0.6 is 11.6 Å². The van der Waals surface area contributed by atoms with Crippen LogP contribution in [0.15, 0.2) is 36.4 Å². The Labute approximate surface area is 155 Å². The predicted octanol–water partition coefficient (Wildman–Crippen LogP) is 3.02. The van der Waals surface area contributed by atoms with Gasteiger partial charge in [0.1, 0.15) is 6.07 Å². The van der Waals surface area contributed by atoms with E-state index in [2.05, 4.69) is 10.1 Å². The van der Waals surface area contributed by atoms with Crippen LogP contribution in [-0.4, -0.2) is 32.7 Å². The van der Waals surface area contributed by atoms with Crippen molar-refractivity contribution in [3.8, 4) is 17.6 Å². The molecule has 7 nitrogen and oxygen atoms in total. The number of benzene rings is 2. The summed E-state index contributed by atoms with van der Waals surface area (Å²) in [6.45, 7) is -0.328. The maximum atomic E-state index is 12.1. The summed E-state index contributed by atoms with van der Waals surface area (Å²) in [7, 11) is 2.68. The number of nitriles is 1. The Morgan fingerprint density at radius 1 is 1.15 bits per heavy atom. The Hall–Kier alpha value is -3.24. The van der Waals surface area contributed by atoms with E-state index < -0.39 is 11.9 Å². The topological polar surface area (TPSA) is 97.6 Å². The second-order valence-electron chi connectivity index (χ2n) is 5.00. The lowest BCUT2D eigenvalue weighted by atomic mass is 10.2. The fraction of sp³-hybridized carbons (Fsp3) is 0.167. The van der Waals surface area contributed by atoms with Crippen molar-refractivity contribution < 1.29 is 23.8 Å². The van der Waals surface area contributed by atoms with Crippen molar-refractivity contribution in [2.24, 2.45) is 0 Å². The fourth-order valence-electron chi connectivity index (χ4n) is 2.08. The minimum atomic E-state index is -0.516. The van der Waals surface area contributed by atoms with E-state index in [4.69, 9.17) is 26.3 Å². The number of hydrogen-bond acceptors (Lipinski definition) is 6. The molecular formula is C18H15ClN2O5. The summed E-state index contributed by atoms with van der Waals surface area (Å²) in [5.41, 5.74) is 0.864. The van der Waals surface area contributed by atoms with E-state index in [9.17, 15) is 9.59 Å². The van der Waals surface area contributed by atoms with Gasteiger partial charge in [0.25, 0.3) is 5.91 Å². The van der Waals surface area contributed by atoms with Crippen molar-refractivity contribution in [2.45, 2.75) is 0 Å². The molecule has 0 aliphatic rings. The molecule has 0 heterocycles. The summed E-state index contributed by atoms with van der Waals surface area (Å²) in [5.74, 6) is -0.441. The molecule has 0 aromatic heterocycles. The van der Waals surface area contributed by atoms with E-state index in [0.717, 1.165) is 0 Å². The minimum Gasteiger partial charge on any atom is -0.493 e. The number of halogens is 1. The standard InChI is InChI=1S/C18H15ClN2O5/c1-24-16-7-11(18(23)25-2)4-6-15(16)26-10-17(22)21-14-8-13(19)5-3-12(14)9-20/h3-8H,10H2,1-2H3,(H,21,22). The van der Waals surface area contributed by atoms with Crippen molar-refractivity contribution >= 4 is 29.2 Å². The Morgan fingerprint density at radius 2 is 1.92 bits per heavy atom. The number of anilines is 1. The van der Waals surface area contributed by atoms with Gasteiger partial charge >= 0.3 is 5.97 Å². The van der Waals surface area contributed by atoms with Crippen LogP contribution in [0.3, 0.4) is 0 Å². The number of nitrogens with one attached hydrogen (secondary N) is 1. The van der Waals surface area contributed by atoms with E-state index in [1.54, 1.807) is 6.07 Å². The highest BCUT2D eigenvalue weighted by molar-refractivity contribution is 6.31. The summed E-state index contributed by atoms with van der Waals surface area (Å²) in [6.07, 6.45) is 0. The van der Waals surface area contributed by atoms with E-state index in [1.807, 2.05) is 6.07 Å². The van der Waals surface area contributed by atoms with Gasteiger partial charge in [0.05, 0.1) is 31.0 Å². The number of esters is 1. The molecule has 0 saturated heterocycles. The number of rotatable bonds is 6. The highest BCUT2D eigenvalue weighted by Crippen LogP contribution is 2.28. The molecule has 8 heteroatoms. The van der Waals surface area contributed by atoms with Gasteiger partial charge in [-0.15, -0.1) is 0 Å². The summed E-state index contributed by atoms with van der Waals surface area (Å²) in [6, 6.07) is 10.9. The molecule has 2 aromatic rings. The summed E-state index contributed by atoms with van der Waals surface area (Å²) in [5, 5.41) is 12.0. The zero-order valence-corrected chi connectivity index (χ0v) is 14.8. The van der Waals surface area contributed by atoms with Crippen LogP contribution in [0.5, 0.6) is 11.5 Å². The number of carbonyl (C=O) groups excluding carboxylic acids is 2. The Morgan fingerprint density at radius 3 is 2.58 bits per heavy atom. The van der Waals surface area contributed by atoms with Crippen molar-refractivity contribution in [1.29, 1.82) is 5.26 Å². The first-order valence-electron chi connectivity index (χ1n) is 7.37. The van der Waals surface area contributed by atoms with Crippen molar-refractivity contribution in [3.63, 3.8) is 0 Å². The highest BCUT2D eigenvalue weighted by atomic mass is 35.5. The second kappa shape index (κ2) is 8.74. The van der Waals surface area contributed by atoms with Crippen molar-refractivity contribution in [2.75, 3.05) is 26.1 Å². The zero-order valence-electron chi connectivity index (χ0n) is 14.0. The Bertz CT molecular complexity index is 876. The van der Waals surface area contributed by atoms with Gasteiger partial charge < -0.3 is 19.5 Å². The maximum absolute atomic E-state index is 12.1. The van der Waals surface area contributed by atoms with Crippen LogP contribution in [0, 0.1) is 11.3 Å². The molecule has 1 amide bonds. The molecule has 0 saturated carbocycles. The van der Waals surface area contributed by atoms with Crippen LogP contribution in [0.25, 0.3) is 0 Å². The Balaban J connectivity index is 2.07. The predicted molar refractivity (Wildman–Crippen MR) is 94.6 cm³/mol. The molecule has 0 aliphatic heterocycles. The molecule has 0 atom stereocenters. The minimum absolute atomic E-state index is 0.279. The summed E-state index contributed by atoms with van der Waals surface area (Å²) in [4.78, 5) is 23.6. The molecule has 0 bridgehead atoms. The molecule has 134 valence electrons. The third-order valence-corrected chi connectivity index (χ3v) is 3.55. The monoisotopic (exact) mass is 374 g/mol. The molecule has 0 spiro atoms. The van der Waals surface area contributed by atoms with Crippen LogP contribution in [-0.2, 0) is 9.53 Å². The lowest BCUT2D eigenvalue weighted by Crippen LogP contribution is -2.21. The molecule has 2 rings (SSSR count). The largest absolute Gasteiger partial charge is 0.493 e.